The van der Waals surface area contributed by atoms with Crippen molar-refractivity contribution < 1.29 is 22.4 Å². The predicted molar refractivity (Wildman–Crippen MR) is 97.8 cm³/mol. The highest BCUT2D eigenvalue weighted by Crippen LogP contribution is 2.23. The molecule has 2 aromatic rings. The summed E-state index contributed by atoms with van der Waals surface area (Å²) in [6, 6.07) is 8.89. The van der Waals surface area contributed by atoms with E-state index in [1.54, 1.807) is 30.4 Å². The molecule has 1 atom stereocenters. The van der Waals surface area contributed by atoms with E-state index in [0.717, 1.165) is 16.9 Å². The number of benzene rings is 1. The maximum Gasteiger partial charge on any atom is 0.227 e. The summed E-state index contributed by atoms with van der Waals surface area (Å²) >= 11 is 0. The quantitative estimate of drug-likeness (QED) is 0.772. The molecular formula is C19H23NO5S. The summed E-state index contributed by atoms with van der Waals surface area (Å²) in [4.78, 5) is 14.6. The molecule has 26 heavy (non-hydrogen) atoms. The molecule has 0 spiro atoms. The molecule has 1 unspecified atom stereocenters. The predicted octanol–water partition coefficient (Wildman–Crippen LogP) is 2.36. The van der Waals surface area contributed by atoms with E-state index in [1.807, 2.05) is 25.1 Å². The lowest BCUT2D eigenvalue weighted by atomic mass is 10.1. The van der Waals surface area contributed by atoms with Crippen LogP contribution in [-0.4, -0.2) is 43.9 Å². The van der Waals surface area contributed by atoms with E-state index in [9.17, 15) is 13.2 Å². The molecule has 6 nitrogen and oxygen atoms in total. The van der Waals surface area contributed by atoms with E-state index < -0.39 is 9.84 Å². The van der Waals surface area contributed by atoms with E-state index in [4.69, 9.17) is 9.15 Å². The van der Waals surface area contributed by atoms with Crippen LogP contribution < -0.4 is 4.74 Å². The van der Waals surface area contributed by atoms with Crippen LogP contribution in [0.1, 0.15) is 23.3 Å². The average molecular weight is 377 g/mol. The monoisotopic (exact) mass is 377 g/mol. The Bertz CT molecular complexity index is 873. The lowest BCUT2D eigenvalue weighted by molar-refractivity contribution is -0.133. The lowest BCUT2D eigenvalue weighted by Crippen LogP contribution is -2.41. The van der Waals surface area contributed by atoms with Gasteiger partial charge in [-0.2, -0.15) is 0 Å². The third-order valence-corrected chi connectivity index (χ3v) is 6.45. The van der Waals surface area contributed by atoms with Crippen LogP contribution in [0, 0.1) is 6.92 Å². The van der Waals surface area contributed by atoms with Crippen molar-refractivity contribution in [2.24, 2.45) is 0 Å². The van der Waals surface area contributed by atoms with Gasteiger partial charge in [-0.25, -0.2) is 8.42 Å². The van der Waals surface area contributed by atoms with Gasteiger partial charge in [0, 0.05) is 6.04 Å². The second kappa shape index (κ2) is 7.53. The molecule has 0 radical (unpaired) electrons. The Kier molecular flexibility index (Phi) is 5.36. The largest absolute Gasteiger partial charge is 0.496 e. The van der Waals surface area contributed by atoms with Crippen molar-refractivity contribution in [1.82, 2.24) is 4.90 Å². The third-order valence-electron chi connectivity index (χ3n) is 4.70. The minimum Gasteiger partial charge on any atom is -0.496 e. The van der Waals surface area contributed by atoms with Gasteiger partial charge >= 0.3 is 0 Å². The lowest BCUT2D eigenvalue weighted by Gasteiger charge is -2.27. The average Bonchev–Trinajstić information content (AvgIpc) is 3.23. The molecule has 0 bridgehead atoms. The van der Waals surface area contributed by atoms with E-state index in [1.165, 1.54) is 0 Å². The smallest absolute Gasteiger partial charge is 0.227 e. The molecule has 3 rings (SSSR count). The molecule has 1 amide bonds. The number of methoxy groups -OCH3 is 1. The van der Waals surface area contributed by atoms with Gasteiger partial charge in [-0.1, -0.05) is 12.1 Å². The molecule has 140 valence electrons. The van der Waals surface area contributed by atoms with E-state index >= 15 is 0 Å². The molecule has 0 N–H and O–H groups in total. The number of hydrogen-bond acceptors (Lipinski definition) is 5. The summed E-state index contributed by atoms with van der Waals surface area (Å²) in [5.74, 6) is 1.39. The SMILES string of the molecule is COc1cc(CC(=O)N(Cc2ccco2)C2CCS(=O)(=O)C2)ccc1C. The summed E-state index contributed by atoms with van der Waals surface area (Å²) in [7, 11) is -1.49. The standard InChI is InChI=1S/C19H23NO5S/c1-14-5-6-15(10-18(14)24-2)11-19(21)20(12-17-4-3-8-25-17)16-7-9-26(22,23)13-16/h3-6,8,10,16H,7,9,11-13H2,1-2H3. The Morgan fingerprint density at radius 3 is 2.77 bits per heavy atom. The number of amides is 1. The van der Waals surface area contributed by atoms with Crippen molar-refractivity contribution >= 4 is 15.7 Å². The molecule has 1 aromatic heterocycles. The van der Waals surface area contributed by atoms with Crippen molar-refractivity contribution in [1.29, 1.82) is 0 Å². The van der Waals surface area contributed by atoms with Crippen LogP contribution in [0.25, 0.3) is 0 Å². The Balaban J connectivity index is 1.80. The van der Waals surface area contributed by atoms with Crippen LogP contribution in [0.15, 0.2) is 41.0 Å². The first kappa shape index (κ1) is 18.5. The fourth-order valence-electron chi connectivity index (χ4n) is 3.26. The maximum atomic E-state index is 13.0. The van der Waals surface area contributed by atoms with Crippen molar-refractivity contribution in [3.8, 4) is 5.75 Å². The molecule has 2 heterocycles. The summed E-state index contributed by atoms with van der Waals surface area (Å²) in [5.41, 5.74) is 1.83. The van der Waals surface area contributed by atoms with Crippen LogP contribution in [0.5, 0.6) is 5.75 Å². The Hall–Kier alpha value is -2.28. The minimum absolute atomic E-state index is 0.0106. The normalized spacial score (nSPS) is 18.6. The second-order valence-corrected chi connectivity index (χ2v) is 8.87. The van der Waals surface area contributed by atoms with E-state index in [-0.39, 0.29) is 36.4 Å². The second-order valence-electron chi connectivity index (χ2n) is 6.64. The van der Waals surface area contributed by atoms with Gasteiger partial charge in [0.25, 0.3) is 0 Å². The number of aryl methyl sites for hydroxylation is 1. The molecule has 1 aliphatic heterocycles. The first-order valence-electron chi connectivity index (χ1n) is 8.54. The van der Waals surface area contributed by atoms with Gasteiger partial charge in [0.1, 0.15) is 11.5 Å². The van der Waals surface area contributed by atoms with Crippen LogP contribution in [0.2, 0.25) is 0 Å². The molecule has 0 aliphatic carbocycles. The summed E-state index contributed by atoms with van der Waals surface area (Å²) < 4.78 is 34.4. The number of nitrogens with zero attached hydrogens (tertiary/aromatic N) is 1. The van der Waals surface area contributed by atoms with Gasteiger partial charge in [-0.15, -0.1) is 0 Å². The topological polar surface area (TPSA) is 76.8 Å². The number of hydrogen-bond donors (Lipinski definition) is 0. The first-order valence-corrected chi connectivity index (χ1v) is 10.4. The van der Waals surface area contributed by atoms with Crippen molar-refractivity contribution in [3.05, 3.63) is 53.5 Å². The van der Waals surface area contributed by atoms with Gasteiger partial charge < -0.3 is 14.1 Å². The number of carbonyl (C=O) groups excluding carboxylic acids is 1. The van der Waals surface area contributed by atoms with Gasteiger partial charge in [0.15, 0.2) is 9.84 Å². The Morgan fingerprint density at radius 2 is 2.15 bits per heavy atom. The zero-order valence-corrected chi connectivity index (χ0v) is 15.8. The molecule has 7 heteroatoms. The van der Waals surface area contributed by atoms with Gasteiger partial charge in [-0.3, -0.25) is 4.79 Å². The van der Waals surface area contributed by atoms with Gasteiger partial charge in [0.2, 0.25) is 5.91 Å². The molecule has 1 fully saturated rings. The van der Waals surface area contributed by atoms with Crippen molar-refractivity contribution in [3.63, 3.8) is 0 Å². The van der Waals surface area contributed by atoms with Crippen LogP contribution in [0.4, 0.5) is 0 Å². The molecule has 0 saturated carbocycles. The number of furan rings is 1. The highest BCUT2D eigenvalue weighted by Gasteiger charge is 2.35. The summed E-state index contributed by atoms with van der Waals surface area (Å²) in [6.07, 6.45) is 2.20. The maximum absolute atomic E-state index is 13.0. The first-order chi connectivity index (χ1) is 12.4. The fraction of sp³-hybridized carbons (Fsp3) is 0.421. The fourth-order valence-corrected chi connectivity index (χ4v) is 4.99. The zero-order chi connectivity index (χ0) is 18.7. The highest BCUT2D eigenvalue weighted by atomic mass is 32.2. The van der Waals surface area contributed by atoms with E-state index in [2.05, 4.69) is 0 Å². The summed E-state index contributed by atoms with van der Waals surface area (Å²) in [5, 5.41) is 0. The molecule has 1 aromatic carbocycles. The zero-order valence-electron chi connectivity index (χ0n) is 15.0. The molecular weight excluding hydrogens is 354 g/mol. The van der Waals surface area contributed by atoms with Gasteiger partial charge in [-0.05, 0) is 42.7 Å². The van der Waals surface area contributed by atoms with E-state index in [0.29, 0.717) is 12.2 Å². The van der Waals surface area contributed by atoms with Crippen LogP contribution in [0.3, 0.4) is 0 Å². The van der Waals surface area contributed by atoms with Gasteiger partial charge in [0.05, 0.1) is 37.8 Å². The van der Waals surface area contributed by atoms with Crippen LogP contribution in [-0.2, 0) is 27.6 Å². The summed E-state index contributed by atoms with van der Waals surface area (Å²) in [6.45, 7) is 2.21. The molecule has 1 aliphatic rings. The molecule has 1 saturated heterocycles. The Labute approximate surface area is 153 Å². The minimum atomic E-state index is -3.09. The number of sulfone groups is 1. The van der Waals surface area contributed by atoms with Crippen molar-refractivity contribution in [2.75, 3.05) is 18.6 Å². The Morgan fingerprint density at radius 1 is 1.35 bits per heavy atom. The number of carbonyl (C=O) groups is 1. The van der Waals surface area contributed by atoms with Crippen LogP contribution >= 0.6 is 0 Å². The number of rotatable bonds is 6. The number of ether oxygens (including phenoxy) is 1. The third kappa shape index (κ3) is 4.27. The van der Waals surface area contributed by atoms with Crippen molar-refractivity contribution in [2.45, 2.75) is 32.4 Å². The highest BCUT2D eigenvalue weighted by molar-refractivity contribution is 7.91.